The highest BCUT2D eigenvalue weighted by atomic mass is 127. The SMILES string of the molecule is CC1CSC(C)(I)O1.CN(C)C. The Kier molecular flexibility index (Phi) is 6.14. The van der Waals surface area contributed by atoms with E-state index >= 15 is 0 Å². The largest absolute Gasteiger partial charge is 0.352 e. The molecule has 0 aromatic rings. The van der Waals surface area contributed by atoms with Crippen LogP contribution in [0.3, 0.4) is 0 Å². The molecule has 0 radical (unpaired) electrons. The molecule has 0 saturated carbocycles. The summed E-state index contributed by atoms with van der Waals surface area (Å²) in [6.07, 6.45) is 0.446. The van der Waals surface area contributed by atoms with E-state index in [1.807, 2.05) is 37.8 Å². The summed E-state index contributed by atoms with van der Waals surface area (Å²) >= 11 is 4.19. The molecule has 74 valence electrons. The third-order valence-corrected chi connectivity index (χ3v) is 3.42. The van der Waals surface area contributed by atoms with Crippen molar-refractivity contribution < 1.29 is 4.74 Å². The lowest BCUT2D eigenvalue weighted by Gasteiger charge is -2.12. The van der Waals surface area contributed by atoms with E-state index in [4.69, 9.17) is 4.74 Å². The van der Waals surface area contributed by atoms with Gasteiger partial charge in [0, 0.05) is 5.75 Å². The molecule has 1 rings (SSSR count). The van der Waals surface area contributed by atoms with E-state index in [0.29, 0.717) is 6.10 Å². The molecule has 0 amide bonds. The molecule has 0 bridgehead atoms. The van der Waals surface area contributed by atoms with Crippen LogP contribution in [0, 0.1) is 0 Å². The molecule has 1 fully saturated rings. The molecule has 1 aliphatic rings. The summed E-state index contributed by atoms with van der Waals surface area (Å²) in [4.78, 5) is 2.00. The van der Waals surface area contributed by atoms with Gasteiger partial charge in [-0.2, -0.15) is 0 Å². The molecule has 2 unspecified atom stereocenters. The summed E-state index contributed by atoms with van der Waals surface area (Å²) in [5.74, 6) is 1.14. The van der Waals surface area contributed by atoms with Crippen molar-refractivity contribution in [1.29, 1.82) is 0 Å². The Balaban J connectivity index is 0.000000261. The Morgan fingerprint density at radius 1 is 1.50 bits per heavy atom. The van der Waals surface area contributed by atoms with Gasteiger partial charge in [0.15, 0.2) is 2.94 Å². The second kappa shape index (κ2) is 5.67. The van der Waals surface area contributed by atoms with Gasteiger partial charge >= 0.3 is 0 Å². The van der Waals surface area contributed by atoms with Crippen molar-refractivity contribution in [2.45, 2.75) is 22.9 Å². The van der Waals surface area contributed by atoms with E-state index in [1.54, 1.807) is 0 Å². The summed E-state index contributed by atoms with van der Waals surface area (Å²) < 4.78 is 5.55. The van der Waals surface area contributed by atoms with Crippen LogP contribution in [0.4, 0.5) is 0 Å². The highest BCUT2D eigenvalue weighted by molar-refractivity contribution is 14.1. The lowest BCUT2D eigenvalue weighted by Crippen LogP contribution is -2.11. The number of nitrogens with zero attached hydrogens (tertiary/aromatic N) is 1. The minimum Gasteiger partial charge on any atom is -0.352 e. The maximum absolute atomic E-state index is 5.50. The molecule has 12 heavy (non-hydrogen) atoms. The second-order valence-electron chi connectivity index (χ2n) is 3.42. The van der Waals surface area contributed by atoms with Crippen LogP contribution in [0.2, 0.25) is 0 Å². The Morgan fingerprint density at radius 2 is 1.92 bits per heavy atom. The third kappa shape index (κ3) is 7.64. The van der Waals surface area contributed by atoms with Gasteiger partial charge in [0.25, 0.3) is 0 Å². The zero-order chi connectivity index (χ0) is 9.78. The van der Waals surface area contributed by atoms with E-state index < -0.39 is 0 Å². The lowest BCUT2D eigenvalue weighted by atomic mass is 10.5. The molecule has 2 nitrogen and oxygen atoms in total. The summed E-state index contributed by atoms with van der Waals surface area (Å²) in [7, 11) is 6.00. The average Bonchev–Trinajstić information content (AvgIpc) is 2.07. The summed E-state index contributed by atoms with van der Waals surface area (Å²) in [5.41, 5.74) is 0. The summed E-state index contributed by atoms with van der Waals surface area (Å²) in [6, 6.07) is 0. The van der Waals surface area contributed by atoms with E-state index in [-0.39, 0.29) is 2.94 Å². The fraction of sp³-hybridized carbons (Fsp3) is 1.00. The number of thioether (sulfide) groups is 1. The molecule has 0 aromatic carbocycles. The topological polar surface area (TPSA) is 12.5 Å². The average molecular weight is 303 g/mol. The van der Waals surface area contributed by atoms with Crippen LogP contribution in [0.25, 0.3) is 0 Å². The number of ether oxygens (including phenoxy) is 1. The van der Waals surface area contributed by atoms with Crippen molar-refractivity contribution in [2.24, 2.45) is 0 Å². The fourth-order valence-corrected chi connectivity index (χ4v) is 2.50. The molecule has 0 spiro atoms. The summed E-state index contributed by atoms with van der Waals surface area (Å²) in [5, 5.41) is 0. The molecule has 2 atom stereocenters. The highest BCUT2D eigenvalue weighted by Crippen LogP contribution is 2.41. The van der Waals surface area contributed by atoms with Crippen molar-refractivity contribution >= 4 is 34.4 Å². The predicted octanol–water partition coefficient (Wildman–Crippen LogP) is 2.42. The van der Waals surface area contributed by atoms with E-state index in [0.717, 1.165) is 5.75 Å². The molecule has 0 aromatic heterocycles. The van der Waals surface area contributed by atoms with E-state index in [1.165, 1.54) is 0 Å². The minimum atomic E-state index is 0.0528. The van der Waals surface area contributed by atoms with Gasteiger partial charge in [-0.1, -0.05) is 0 Å². The number of hydrogen-bond donors (Lipinski definition) is 0. The number of halogens is 1. The maximum Gasteiger partial charge on any atom is 0.162 e. The quantitative estimate of drug-likeness (QED) is 0.504. The first-order valence-electron chi connectivity index (χ1n) is 3.95. The van der Waals surface area contributed by atoms with Crippen LogP contribution in [-0.4, -0.2) is 40.8 Å². The zero-order valence-corrected chi connectivity index (χ0v) is 11.4. The predicted molar refractivity (Wildman–Crippen MR) is 65.0 cm³/mol. The van der Waals surface area contributed by atoms with Crippen LogP contribution in [0.1, 0.15) is 13.8 Å². The van der Waals surface area contributed by atoms with Crippen molar-refractivity contribution in [3.8, 4) is 0 Å². The number of rotatable bonds is 0. The molecule has 4 heteroatoms. The minimum absolute atomic E-state index is 0.0528. The highest BCUT2D eigenvalue weighted by Gasteiger charge is 2.31. The van der Waals surface area contributed by atoms with Crippen molar-refractivity contribution in [3.63, 3.8) is 0 Å². The molecule has 1 saturated heterocycles. The van der Waals surface area contributed by atoms with Gasteiger partial charge in [0.2, 0.25) is 0 Å². The van der Waals surface area contributed by atoms with Gasteiger partial charge in [-0.15, -0.1) is 11.8 Å². The first-order valence-corrected chi connectivity index (χ1v) is 6.01. The van der Waals surface area contributed by atoms with Gasteiger partial charge in [-0.05, 0) is 57.6 Å². The molecule has 0 N–H and O–H groups in total. The fourth-order valence-electron chi connectivity index (χ4n) is 0.694. The lowest BCUT2D eigenvalue weighted by molar-refractivity contribution is 0.0789. The van der Waals surface area contributed by atoms with Gasteiger partial charge in [-0.25, -0.2) is 0 Å². The van der Waals surface area contributed by atoms with Crippen LogP contribution in [-0.2, 0) is 4.74 Å². The van der Waals surface area contributed by atoms with E-state index in [2.05, 4.69) is 36.4 Å². The number of hydrogen-bond acceptors (Lipinski definition) is 3. The maximum atomic E-state index is 5.50. The van der Waals surface area contributed by atoms with E-state index in [9.17, 15) is 0 Å². The Bertz CT molecular complexity index is 127. The molecular weight excluding hydrogens is 285 g/mol. The van der Waals surface area contributed by atoms with Crippen LogP contribution < -0.4 is 0 Å². The third-order valence-electron chi connectivity index (χ3n) is 0.988. The van der Waals surface area contributed by atoms with Gasteiger partial charge in [0.05, 0.1) is 6.10 Å². The van der Waals surface area contributed by atoms with Crippen molar-refractivity contribution in [1.82, 2.24) is 4.90 Å². The van der Waals surface area contributed by atoms with Crippen LogP contribution in [0.5, 0.6) is 0 Å². The zero-order valence-electron chi connectivity index (χ0n) is 8.43. The monoisotopic (exact) mass is 303 g/mol. The van der Waals surface area contributed by atoms with Gasteiger partial charge in [0.1, 0.15) is 0 Å². The Morgan fingerprint density at radius 3 is 2.00 bits per heavy atom. The second-order valence-corrected chi connectivity index (χ2v) is 7.61. The normalized spacial score (nSPS) is 34.8. The first kappa shape index (κ1) is 13.0. The van der Waals surface area contributed by atoms with Gasteiger partial charge < -0.3 is 9.64 Å². The standard InChI is InChI=1S/C5H9IOS.C3H9N/c1-4-3-8-5(2,6)7-4;1-4(2)3/h4H,3H2,1-2H3;1-3H3. The van der Waals surface area contributed by atoms with Crippen molar-refractivity contribution in [2.75, 3.05) is 26.9 Å². The van der Waals surface area contributed by atoms with Gasteiger partial charge in [-0.3, -0.25) is 0 Å². The first-order chi connectivity index (χ1) is 5.33. The number of alkyl halides is 1. The van der Waals surface area contributed by atoms with Crippen LogP contribution in [0.15, 0.2) is 0 Å². The Hall–Kier alpha value is 1.00. The molecule has 1 aliphatic heterocycles. The Labute approximate surface area is 93.6 Å². The summed E-state index contributed by atoms with van der Waals surface area (Å²) in [6.45, 7) is 4.21. The molecular formula is C8H18INOS. The van der Waals surface area contributed by atoms with Crippen LogP contribution >= 0.6 is 34.4 Å². The molecule has 1 heterocycles. The van der Waals surface area contributed by atoms with Crippen molar-refractivity contribution in [3.05, 3.63) is 0 Å². The smallest absolute Gasteiger partial charge is 0.162 e. The molecule has 0 aliphatic carbocycles.